The molecule has 2 aliphatic heterocycles. The molecule has 0 bridgehead atoms. The second-order valence-electron chi connectivity index (χ2n) is 12.0. The molecule has 4 heterocycles. The summed E-state index contributed by atoms with van der Waals surface area (Å²) in [4.78, 5) is 55.2. The van der Waals surface area contributed by atoms with Crippen molar-refractivity contribution in [3.63, 3.8) is 0 Å². The Morgan fingerprint density at radius 1 is 0.586 bits per heavy atom. The number of aliphatic hydroxyl groups is 2. The first-order chi connectivity index (χ1) is 27.2. The summed E-state index contributed by atoms with van der Waals surface area (Å²) in [6.07, 6.45) is 3.18. The van der Waals surface area contributed by atoms with Crippen molar-refractivity contribution < 1.29 is 56.4 Å². The van der Waals surface area contributed by atoms with E-state index in [1.165, 1.54) is 85.3 Å². The molecule has 5 aromatic rings. The highest BCUT2D eigenvalue weighted by molar-refractivity contribution is 7.89. The lowest BCUT2D eigenvalue weighted by molar-refractivity contribution is -0.114. The van der Waals surface area contributed by atoms with Gasteiger partial charge in [-0.05, 0) is 62.4 Å². The minimum atomic E-state index is -3.90. The standard InChI is InChI=1S/2C14H13N3O4S2.C8H6O4/c2*1-8-7-15-14(22-8)16-13(19)11-12(18)9-5-3-4-6-10(9)23(20,21)17(11)2;9-7(10)5-1-2-6(4-3-5)8(11)12/h2*3-7,18H,1-2H3,(H,15,16,19);1-4H,(H,9,10)(H,11,12). The molecule has 0 aliphatic carbocycles. The molecule has 302 valence electrons. The molecule has 0 unspecified atom stereocenters. The number of likely N-dealkylation sites (N-methyl/N-ethyl adjacent to an activating group) is 2. The van der Waals surface area contributed by atoms with E-state index in [-0.39, 0.29) is 55.0 Å². The van der Waals surface area contributed by atoms with Crippen molar-refractivity contribution >= 4 is 88.3 Å². The minimum absolute atomic E-state index is 0.0401. The van der Waals surface area contributed by atoms with Gasteiger partial charge in [0, 0.05) is 47.4 Å². The predicted octanol–water partition coefficient (Wildman–Crippen LogP) is 4.98. The summed E-state index contributed by atoms with van der Waals surface area (Å²) >= 11 is 2.51. The topological polar surface area (TPSA) is 274 Å². The molecule has 0 radical (unpaired) electrons. The maximum absolute atomic E-state index is 12.5. The van der Waals surface area contributed by atoms with Gasteiger partial charge >= 0.3 is 11.9 Å². The number of nitrogens with one attached hydrogen (secondary N) is 2. The number of carbonyl (C=O) groups is 4. The highest BCUT2D eigenvalue weighted by Crippen LogP contribution is 2.36. The van der Waals surface area contributed by atoms with Crippen LogP contribution in [-0.2, 0) is 29.6 Å². The first-order valence-electron chi connectivity index (χ1n) is 16.3. The van der Waals surface area contributed by atoms with Crippen LogP contribution in [0.5, 0.6) is 0 Å². The largest absolute Gasteiger partial charge is 0.505 e. The Bertz CT molecular complexity index is 2550. The van der Waals surface area contributed by atoms with Gasteiger partial charge in [0.05, 0.1) is 20.9 Å². The molecule has 2 aliphatic rings. The number of amides is 2. The number of thiazole rings is 2. The van der Waals surface area contributed by atoms with E-state index in [1.807, 2.05) is 13.8 Å². The number of aliphatic hydroxyl groups excluding tert-OH is 2. The van der Waals surface area contributed by atoms with Crippen molar-refractivity contribution in [2.45, 2.75) is 23.6 Å². The van der Waals surface area contributed by atoms with Crippen LogP contribution in [0.25, 0.3) is 11.5 Å². The van der Waals surface area contributed by atoms with Gasteiger partial charge in [-0.1, -0.05) is 24.3 Å². The monoisotopic (exact) mass is 868 g/mol. The first-order valence-corrected chi connectivity index (χ1v) is 20.8. The summed E-state index contributed by atoms with van der Waals surface area (Å²) in [7, 11) is -5.34. The highest BCUT2D eigenvalue weighted by atomic mass is 32.2. The molecular formula is C36H32N6O12S4. The molecular weight excluding hydrogens is 837 g/mol. The molecule has 0 atom stereocenters. The van der Waals surface area contributed by atoms with Crippen LogP contribution >= 0.6 is 22.7 Å². The lowest BCUT2D eigenvalue weighted by Crippen LogP contribution is -2.37. The normalized spacial score (nSPS) is 14.8. The second kappa shape index (κ2) is 16.9. The number of hydrogen-bond donors (Lipinski definition) is 6. The molecule has 18 nitrogen and oxygen atoms in total. The smallest absolute Gasteiger partial charge is 0.335 e. The van der Waals surface area contributed by atoms with E-state index in [4.69, 9.17) is 10.2 Å². The average Bonchev–Trinajstić information content (AvgIpc) is 3.80. The van der Waals surface area contributed by atoms with Gasteiger partial charge < -0.3 is 20.4 Å². The number of carboxylic acids is 2. The van der Waals surface area contributed by atoms with Crippen molar-refractivity contribution in [2.75, 3.05) is 24.7 Å². The molecule has 3 aromatic carbocycles. The fourth-order valence-electron chi connectivity index (χ4n) is 5.26. The maximum atomic E-state index is 12.5. The summed E-state index contributed by atoms with van der Waals surface area (Å²) in [6.45, 7) is 3.66. The lowest BCUT2D eigenvalue weighted by atomic mass is 10.1. The van der Waals surface area contributed by atoms with Crippen molar-refractivity contribution in [2.24, 2.45) is 0 Å². The third-order valence-electron chi connectivity index (χ3n) is 8.13. The zero-order valence-electron chi connectivity index (χ0n) is 30.6. The fourth-order valence-corrected chi connectivity index (χ4v) is 9.37. The van der Waals surface area contributed by atoms with Crippen molar-refractivity contribution in [3.05, 3.63) is 129 Å². The van der Waals surface area contributed by atoms with Crippen molar-refractivity contribution in [1.29, 1.82) is 0 Å². The predicted molar refractivity (Wildman–Crippen MR) is 213 cm³/mol. The fraction of sp³-hybridized carbons (Fsp3) is 0.111. The second-order valence-corrected chi connectivity index (χ2v) is 18.3. The number of benzene rings is 3. The van der Waals surface area contributed by atoms with Crippen LogP contribution in [0.3, 0.4) is 0 Å². The number of aromatic carboxylic acids is 2. The van der Waals surface area contributed by atoms with Gasteiger partial charge in [0.2, 0.25) is 0 Å². The number of nitrogens with zero attached hydrogens (tertiary/aromatic N) is 4. The van der Waals surface area contributed by atoms with E-state index in [1.54, 1.807) is 36.7 Å². The Hall–Kier alpha value is -6.62. The van der Waals surface area contributed by atoms with Crippen LogP contribution in [0.1, 0.15) is 41.6 Å². The molecule has 2 aromatic heterocycles. The van der Waals surface area contributed by atoms with Gasteiger partial charge in [-0.2, -0.15) is 0 Å². The van der Waals surface area contributed by atoms with Gasteiger partial charge in [-0.15, -0.1) is 22.7 Å². The third kappa shape index (κ3) is 8.68. The number of aromatic nitrogens is 2. The Morgan fingerprint density at radius 2 is 0.914 bits per heavy atom. The zero-order valence-corrected chi connectivity index (χ0v) is 33.8. The maximum Gasteiger partial charge on any atom is 0.335 e. The number of anilines is 2. The molecule has 2 amide bonds. The summed E-state index contributed by atoms with van der Waals surface area (Å²) in [5.74, 6) is -4.37. The van der Waals surface area contributed by atoms with Gasteiger partial charge in [-0.3, -0.25) is 28.8 Å². The summed E-state index contributed by atoms with van der Waals surface area (Å²) in [6, 6.07) is 17.0. The molecule has 6 N–H and O–H groups in total. The van der Waals surface area contributed by atoms with E-state index < -0.39 is 43.8 Å². The number of fused-ring (bicyclic) bond motifs is 2. The lowest BCUT2D eigenvalue weighted by Gasteiger charge is -2.28. The van der Waals surface area contributed by atoms with Gasteiger partial charge in [0.15, 0.2) is 33.2 Å². The van der Waals surface area contributed by atoms with Crippen LogP contribution in [0, 0.1) is 13.8 Å². The molecule has 0 fully saturated rings. The van der Waals surface area contributed by atoms with Crippen LogP contribution in [0.4, 0.5) is 10.3 Å². The van der Waals surface area contributed by atoms with E-state index in [9.17, 15) is 46.2 Å². The van der Waals surface area contributed by atoms with Crippen LogP contribution in [-0.4, -0.2) is 93.7 Å². The van der Waals surface area contributed by atoms with Gasteiger partial charge in [0.25, 0.3) is 31.9 Å². The number of carbonyl (C=O) groups excluding carboxylic acids is 2. The molecule has 22 heteroatoms. The third-order valence-corrected chi connectivity index (χ3v) is 13.4. The summed E-state index contributed by atoms with van der Waals surface area (Å²) < 4.78 is 51.6. The highest BCUT2D eigenvalue weighted by Gasteiger charge is 2.39. The van der Waals surface area contributed by atoms with E-state index in [0.717, 1.165) is 18.4 Å². The number of sulfonamides is 2. The number of carboxylic acid groups (broad SMARTS) is 2. The number of hydrogen-bond acceptors (Lipinski definition) is 14. The molecule has 0 saturated carbocycles. The number of rotatable bonds is 6. The van der Waals surface area contributed by atoms with Gasteiger partial charge in [-0.25, -0.2) is 36.4 Å². The SMILES string of the molecule is Cc1cnc(NC(=O)C2=C(O)c3ccccc3S(=O)(=O)N2C)s1.Cc1cnc(NC(=O)C2=C(O)c3ccccc3S(=O)(=O)N2C)s1.O=C(O)c1ccc(C(=O)O)cc1. The summed E-state index contributed by atoms with van der Waals surface area (Å²) in [5.41, 5.74) is -0.301. The first kappa shape index (κ1) is 42.5. The Labute approximate surface area is 338 Å². The molecule has 7 rings (SSSR count). The van der Waals surface area contributed by atoms with E-state index in [0.29, 0.717) is 10.3 Å². The Morgan fingerprint density at radius 3 is 1.21 bits per heavy atom. The van der Waals surface area contributed by atoms with E-state index in [2.05, 4.69) is 20.6 Å². The molecule has 0 spiro atoms. The van der Waals surface area contributed by atoms with Gasteiger partial charge in [0.1, 0.15) is 0 Å². The van der Waals surface area contributed by atoms with Crippen molar-refractivity contribution in [1.82, 2.24) is 18.6 Å². The molecule has 0 saturated heterocycles. The van der Waals surface area contributed by atoms with E-state index >= 15 is 0 Å². The van der Waals surface area contributed by atoms with Crippen molar-refractivity contribution in [3.8, 4) is 0 Å². The minimum Gasteiger partial charge on any atom is -0.505 e. The average molecular weight is 869 g/mol. The Balaban J connectivity index is 0.000000175. The van der Waals surface area contributed by atoms with Crippen LogP contribution < -0.4 is 10.6 Å². The number of aryl methyl sites for hydroxylation is 2. The Kier molecular flexibility index (Phi) is 12.4. The summed E-state index contributed by atoms with van der Waals surface area (Å²) in [5, 5.41) is 43.4. The quantitative estimate of drug-likeness (QED) is 0.131. The van der Waals surface area contributed by atoms with Crippen LogP contribution in [0.2, 0.25) is 0 Å². The zero-order chi connectivity index (χ0) is 42.7. The van der Waals surface area contributed by atoms with Crippen LogP contribution in [0.15, 0.2) is 106 Å². The molecule has 58 heavy (non-hydrogen) atoms.